The van der Waals surface area contributed by atoms with Crippen LogP contribution in [0, 0.1) is 6.92 Å². The monoisotopic (exact) mass is 260 g/mol. The molecule has 1 atom stereocenters. The second kappa shape index (κ2) is 6.03. The van der Waals surface area contributed by atoms with Crippen LogP contribution in [-0.2, 0) is 6.42 Å². The van der Waals surface area contributed by atoms with E-state index in [2.05, 4.69) is 53.3 Å². The lowest BCUT2D eigenvalue weighted by molar-refractivity contribution is 0.600. The Labute approximate surface area is 113 Å². The quantitative estimate of drug-likeness (QED) is 0.858. The van der Waals surface area contributed by atoms with Crippen molar-refractivity contribution in [2.45, 2.75) is 19.4 Å². The third kappa shape index (κ3) is 2.74. The average Bonchev–Trinajstić information content (AvgIpc) is 2.82. The fourth-order valence-electron chi connectivity index (χ4n) is 2.23. The van der Waals surface area contributed by atoms with E-state index in [1.165, 1.54) is 21.7 Å². The highest BCUT2D eigenvalue weighted by Gasteiger charge is 2.15. The largest absolute Gasteiger partial charge is 0.388 e. The maximum atomic E-state index is 3.43. The van der Waals surface area contributed by atoms with Gasteiger partial charge in [0.1, 0.15) is 0 Å². The van der Waals surface area contributed by atoms with Crippen LogP contribution in [0.15, 0.2) is 35.7 Å². The van der Waals surface area contributed by atoms with Gasteiger partial charge in [-0.25, -0.2) is 0 Å². The first-order valence-electron chi connectivity index (χ1n) is 6.23. The highest BCUT2D eigenvalue weighted by atomic mass is 32.1. The molecule has 0 fully saturated rings. The summed E-state index contributed by atoms with van der Waals surface area (Å²) in [5.74, 6) is 0. The molecule has 2 aromatic rings. The van der Waals surface area contributed by atoms with Crippen molar-refractivity contribution in [3.63, 3.8) is 0 Å². The van der Waals surface area contributed by atoms with Gasteiger partial charge in [0.2, 0.25) is 0 Å². The summed E-state index contributed by atoms with van der Waals surface area (Å²) in [7, 11) is 4.01. The van der Waals surface area contributed by atoms with E-state index < -0.39 is 0 Å². The van der Waals surface area contributed by atoms with Crippen molar-refractivity contribution in [3.05, 3.63) is 51.7 Å². The van der Waals surface area contributed by atoms with Gasteiger partial charge >= 0.3 is 0 Å². The minimum absolute atomic E-state index is 0.388. The topological polar surface area (TPSA) is 24.1 Å². The first-order chi connectivity index (χ1) is 8.76. The molecule has 0 saturated carbocycles. The number of nitrogens with one attached hydrogen (secondary N) is 2. The Hall–Kier alpha value is -1.32. The standard InChI is InChI=1S/C15H20N2S/c1-11-8-9-18-15(11)14(17-3)10-12-6-4-5-7-13(12)16-2/h4-9,14,16-17H,10H2,1-3H3/t14-/m0/s1. The minimum atomic E-state index is 0.388. The second-order valence-corrected chi connectivity index (χ2v) is 5.37. The molecule has 0 bridgehead atoms. The molecule has 0 aliphatic rings. The molecular formula is C15H20N2S. The van der Waals surface area contributed by atoms with E-state index in [9.17, 15) is 0 Å². The number of para-hydroxylation sites is 1. The SMILES string of the molecule is CNc1ccccc1C[C@H](NC)c1sccc1C. The van der Waals surface area contributed by atoms with Crippen LogP contribution in [0.2, 0.25) is 0 Å². The molecule has 1 aromatic heterocycles. The molecule has 2 rings (SSSR count). The van der Waals surface area contributed by atoms with Gasteiger partial charge in [-0.15, -0.1) is 11.3 Å². The molecule has 0 aliphatic heterocycles. The molecule has 1 aromatic carbocycles. The van der Waals surface area contributed by atoms with Crippen LogP contribution in [0.1, 0.15) is 22.0 Å². The molecule has 0 radical (unpaired) electrons. The summed E-state index contributed by atoms with van der Waals surface area (Å²) < 4.78 is 0. The van der Waals surface area contributed by atoms with Gasteiger partial charge in [-0.1, -0.05) is 18.2 Å². The molecule has 0 aliphatic carbocycles. The van der Waals surface area contributed by atoms with Gasteiger partial charge in [-0.2, -0.15) is 0 Å². The zero-order valence-corrected chi connectivity index (χ0v) is 12.0. The minimum Gasteiger partial charge on any atom is -0.388 e. The van der Waals surface area contributed by atoms with Crippen LogP contribution in [0.4, 0.5) is 5.69 Å². The van der Waals surface area contributed by atoms with E-state index in [1.807, 2.05) is 25.4 Å². The van der Waals surface area contributed by atoms with E-state index in [-0.39, 0.29) is 0 Å². The van der Waals surface area contributed by atoms with Gasteiger partial charge in [-0.05, 0) is 49.0 Å². The van der Waals surface area contributed by atoms with Crippen molar-refractivity contribution >= 4 is 17.0 Å². The van der Waals surface area contributed by atoms with E-state index in [0.29, 0.717) is 6.04 Å². The molecule has 0 spiro atoms. The lowest BCUT2D eigenvalue weighted by atomic mass is 10.0. The van der Waals surface area contributed by atoms with Gasteiger partial charge in [-0.3, -0.25) is 0 Å². The molecule has 1 heterocycles. The van der Waals surface area contributed by atoms with E-state index >= 15 is 0 Å². The van der Waals surface area contributed by atoms with E-state index in [4.69, 9.17) is 0 Å². The van der Waals surface area contributed by atoms with E-state index in [1.54, 1.807) is 0 Å². The number of rotatable bonds is 5. The van der Waals surface area contributed by atoms with Crippen molar-refractivity contribution < 1.29 is 0 Å². The molecule has 96 valence electrons. The molecule has 18 heavy (non-hydrogen) atoms. The second-order valence-electron chi connectivity index (χ2n) is 4.42. The van der Waals surface area contributed by atoms with Gasteiger partial charge in [0.05, 0.1) is 0 Å². The Bertz CT molecular complexity index is 505. The lowest BCUT2D eigenvalue weighted by Crippen LogP contribution is -2.19. The van der Waals surface area contributed by atoms with Crippen LogP contribution in [-0.4, -0.2) is 14.1 Å². The van der Waals surface area contributed by atoms with Gasteiger partial charge in [0, 0.05) is 23.7 Å². The maximum Gasteiger partial charge on any atom is 0.0456 e. The van der Waals surface area contributed by atoms with Crippen molar-refractivity contribution in [2.24, 2.45) is 0 Å². The Kier molecular flexibility index (Phi) is 4.39. The summed E-state index contributed by atoms with van der Waals surface area (Å²) in [5, 5.41) is 8.85. The average molecular weight is 260 g/mol. The summed E-state index contributed by atoms with van der Waals surface area (Å²) in [6, 6.07) is 11.1. The van der Waals surface area contributed by atoms with Gasteiger partial charge in [0.15, 0.2) is 0 Å². The number of hydrogen-bond acceptors (Lipinski definition) is 3. The highest BCUT2D eigenvalue weighted by molar-refractivity contribution is 7.10. The highest BCUT2D eigenvalue weighted by Crippen LogP contribution is 2.28. The number of aryl methyl sites for hydroxylation is 1. The van der Waals surface area contributed by atoms with Crippen molar-refractivity contribution in [2.75, 3.05) is 19.4 Å². The Morgan fingerprint density at radius 3 is 2.56 bits per heavy atom. The lowest BCUT2D eigenvalue weighted by Gasteiger charge is -2.18. The van der Waals surface area contributed by atoms with E-state index in [0.717, 1.165) is 6.42 Å². The van der Waals surface area contributed by atoms with Crippen LogP contribution in [0.5, 0.6) is 0 Å². The fourth-order valence-corrected chi connectivity index (χ4v) is 3.27. The Morgan fingerprint density at radius 1 is 1.17 bits per heavy atom. The van der Waals surface area contributed by atoms with Crippen LogP contribution < -0.4 is 10.6 Å². The maximum absolute atomic E-state index is 3.43. The first kappa shape index (κ1) is 13.1. The molecule has 0 amide bonds. The number of likely N-dealkylation sites (N-methyl/N-ethyl adjacent to an activating group) is 1. The van der Waals surface area contributed by atoms with Gasteiger partial charge in [0.25, 0.3) is 0 Å². The van der Waals surface area contributed by atoms with Crippen LogP contribution in [0.3, 0.4) is 0 Å². The summed E-state index contributed by atoms with van der Waals surface area (Å²) in [5.41, 5.74) is 3.94. The van der Waals surface area contributed by atoms with Crippen molar-refractivity contribution in [1.29, 1.82) is 0 Å². The van der Waals surface area contributed by atoms with Crippen LogP contribution >= 0.6 is 11.3 Å². The Morgan fingerprint density at radius 2 is 1.94 bits per heavy atom. The predicted octanol–water partition coefficient (Wildman–Crippen LogP) is 3.60. The normalized spacial score (nSPS) is 12.4. The molecule has 2 N–H and O–H groups in total. The third-order valence-corrected chi connectivity index (χ3v) is 4.41. The zero-order valence-electron chi connectivity index (χ0n) is 11.2. The summed E-state index contributed by atoms with van der Waals surface area (Å²) in [4.78, 5) is 1.43. The van der Waals surface area contributed by atoms with Crippen molar-refractivity contribution in [3.8, 4) is 0 Å². The Balaban J connectivity index is 2.23. The van der Waals surface area contributed by atoms with Crippen LogP contribution in [0.25, 0.3) is 0 Å². The molecule has 0 saturated heterocycles. The molecule has 2 nitrogen and oxygen atoms in total. The molecule has 3 heteroatoms. The number of thiophene rings is 1. The smallest absolute Gasteiger partial charge is 0.0456 e. The molecular weight excluding hydrogens is 240 g/mol. The summed E-state index contributed by atoms with van der Waals surface area (Å²) in [6.07, 6.45) is 1.01. The number of hydrogen-bond donors (Lipinski definition) is 2. The number of anilines is 1. The summed E-state index contributed by atoms with van der Waals surface area (Å²) >= 11 is 1.83. The third-order valence-electron chi connectivity index (χ3n) is 3.28. The summed E-state index contributed by atoms with van der Waals surface area (Å²) in [6.45, 7) is 2.18. The number of benzene rings is 1. The predicted molar refractivity (Wildman–Crippen MR) is 80.5 cm³/mol. The first-order valence-corrected chi connectivity index (χ1v) is 7.11. The zero-order chi connectivity index (χ0) is 13.0. The van der Waals surface area contributed by atoms with Crippen molar-refractivity contribution in [1.82, 2.24) is 5.32 Å². The molecule has 0 unspecified atom stereocenters. The van der Waals surface area contributed by atoms with Gasteiger partial charge < -0.3 is 10.6 Å². The fraction of sp³-hybridized carbons (Fsp3) is 0.333.